The molecule has 0 bridgehead atoms. The Kier molecular flexibility index (Phi) is 5.05. The number of furan rings is 2. The minimum absolute atomic E-state index is 0.0898. The smallest absolute Gasteiger partial charge is 0.276 e. The second kappa shape index (κ2) is 7.64. The maximum Gasteiger partial charge on any atom is 0.276 e. The lowest BCUT2D eigenvalue weighted by atomic mass is 9.97. The average Bonchev–Trinajstić information content (AvgIpc) is 3.48. The normalized spacial score (nSPS) is 16.3. The van der Waals surface area contributed by atoms with Crippen LogP contribution >= 0.6 is 0 Å². The third kappa shape index (κ3) is 3.73. The molecule has 28 heavy (non-hydrogen) atoms. The van der Waals surface area contributed by atoms with Crippen LogP contribution in [0.3, 0.4) is 0 Å². The van der Waals surface area contributed by atoms with Crippen LogP contribution in [0.2, 0.25) is 0 Å². The molecule has 1 aliphatic rings. The maximum atomic E-state index is 12.8. The summed E-state index contributed by atoms with van der Waals surface area (Å²) >= 11 is 0. The zero-order valence-corrected chi connectivity index (χ0v) is 15.8. The van der Waals surface area contributed by atoms with E-state index in [-0.39, 0.29) is 30.0 Å². The van der Waals surface area contributed by atoms with E-state index in [4.69, 9.17) is 8.83 Å². The largest absolute Gasteiger partial charge is 0.467 e. The summed E-state index contributed by atoms with van der Waals surface area (Å²) in [6.45, 7) is 0.857. The molecule has 4 heterocycles. The fraction of sp³-hybridized carbons (Fsp3) is 0.333. The van der Waals surface area contributed by atoms with Crippen molar-refractivity contribution in [3.8, 4) is 11.5 Å². The van der Waals surface area contributed by atoms with Crippen LogP contribution in [0.5, 0.6) is 0 Å². The molecule has 0 aromatic carbocycles. The van der Waals surface area contributed by atoms with Crippen molar-refractivity contribution in [2.45, 2.75) is 24.5 Å². The number of piperidine rings is 1. The van der Waals surface area contributed by atoms with Gasteiger partial charge in [-0.25, -0.2) is 8.42 Å². The highest BCUT2D eigenvalue weighted by Gasteiger charge is 2.34. The summed E-state index contributed by atoms with van der Waals surface area (Å²) < 4.78 is 37.7. The second-order valence-electron chi connectivity index (χ2n) is 6.56. The van der Waals surface area contributed by atoms with Crippen LogP contribution in [0.15, 0.2) is 56.7 Å². The number of carbonyl (C=O) groups excluding carboxylic acids is 1. The molecule has 3 aromatic heterocycles. The fourth-order valence-corrected chi connectivity index (χ4v) is 4.60. The predicted molar refractivity (Wildman–Crippen MR) is 98.3 cm³/mol. The number of sulfonamides is 1. The first-order valence-electron chi connectivity index (χ1n) is 8.94. The quantitative estimate of drug-likeness (QED) is 0.648. The molecule has 9 nitrogen and oxygen atoms in total. The van der Waals surface area contributed by atoms with Gasteiger partial charge in [-0.3, -0.25) is 9.89 Å². The number of nitrogens with one attached hydrogen (secondary N) is 2. The summed E-state index contributed by atoms with van der Waals surface area (Å²) in [4.78, 5) is 12.3. The number of amides is 1. The van der Waals surface area contributed by atoms with Gasteiger partial charge in [-0.1, -0.05) is 0 Å². The van der Waals surface area contributed by atoms with E-state index in [1.165, 1.54) is 10.4 Å². The van der Waals surface area contributed by atoms with E-state index in [0.29, 0.717) is 36.6 Å². The Morgan fingerprint density at radius 1 is 1.25 bits per heavy atom. The molecule has 0 spiro atoms. The Balaban J connectivity index is 1.35. The topological polar surface area (TPSA) is 121 Å². The van der Waals surface area contributed by atoms with Gasteiger partial charge in [0.1, 0.15) is 11.5 Å². The van der Waals surface area contributed by atoms with Gasteiger partial charge in [0.15, 0.2) is 5.76 Å². The van der Waals surface area contributed by atoms with Gasteiger partial charge in [-0.05, 0) is 43.2 Å². The van der Waals surface area contributed by atoms with Crippen LogP contribution in [-0.2, 0) is 21.4 Å². The first-order valence-corrected chi connectivity index (χ1v) is 10.4. The van der Waals surface area contributed by atoms with Crippen LogP contribution in [-0.4, -0.2) is 41.9 Å². The molecule has 4 rings (SSSR count). The van der Waals surface area contributed by atoms with E-state index in [2.05, 4.69) is 15.5 Å². The van der Waals surface area contributed by atoms with Gasteiger partial charge < -0.3 is 14.2 Å². The summed E-state index contributed by atoms with van der Waals surface area (Å²) in [5, 5.41) is 9.28. The predicted octanol–water partition coefficient (Wildman–Crippen LogP) is 1.98. The molecule has 2 N–H and O–H groups in total. The molecule has 1 amide bonds. The minimum atomic E-state index is -3.74. The van der Waals surface area contributed by atoms with Crippen molar-refractivity contribution in [3.05, 3.63) is 48.6 Å². The number of H-pyrrole nitrogens is 1. The Bertz CT molecular complexity index is 1020. The molecule has 0 atom stereocenters. The highest BCUT2D eigenvalue weighted by Crippen LogP contribution is 2.28. The molecule has 148 valence electrons. The number of rotatable bonds is 6. The summed E-state index contributed by atoms with van der Waals surface area (Å²) in [6.07, 6.45) is 4.03. The minimum Gasteiger partial charge on any atom is -0.467 e. The number of carbonyl (C=O) groups is 1. The monoisotopic (exact) mass is 404 g/mol. The first-order chi connectivity index (χ1) is 13.5. The van der Waals surface area contributed by atoms with Crippen molar-refractivity contribution >= 4 is 15.9 Å². The van der Waals surface area contributed by atoms with Crippen LogP contribution < -0.4 is 5.32 Å². The Morgan fingerprint density at radius 2 is 2.07 bits per heavy atom. The molecule has 1 fully saturated rings. The molecule has 0 aliphatic carbocycles. The summed E-state index contributed by atoms with van der Waals surface area (Å²) in [6, 6.07) is 8.28. The average molecular weight is 404 g/mol. The van der Waals surface area contributed by atoms with Crippen molar-refractivity contribution in [2.24, 2.45) is 5.92 Å². The van der Waals surface area contributed by atoms with E-state index in [1.807, 2.05) is 0 Å². The number of aromatic amines is 1. The standard InChI is InChI=1S/C18H20N4O5S/c23-18(19-12-14-2-1-11-26-14)13-6-9-22(10-7-13)28(24,25)17-4-3-16(27-17)15-5-8-20-21-15/h1-5,8,11,13H,6-7,9-10,12H2,(H,19,23)(H,20,21). The Hall–Kier alpha value is -2.85. The van der Waals surface area contributed by atoms with E-state index in [0.717, 1.165) is 0 Å². The molecule has 1 saturated heterocycles. The maximum absolute atomic E-state index is 12.8. The molecule has 3 aromatic rings. The van der Waals surface area contributed by atoms with Gasteiger partial charge in [0.05, 0.1) is 12.8 Å². The summed E-state index contributed by atoms with van der Waals surface area (Å²) in [7, 11) is -3.74. The zero-order valence-electron chi connectivity index (χ0n) is 15.0. The molecular formula is C18H20N4O5S. The van der Waals surface area contributed by atoms with Crippen LogP contribution in [0, 0.1) is 5.92 Å². The zero-order chi connectivity index (χ0) is 19.6. The first kappa shape index (κ1) is 18.5. The van der Waals surface area contributed by atoms with Crippen LogP contribution in [0.4, 0.5) is 0 Å². The Labute approximate surface area is 161 Å². The fourth-order valence-electron chi connectivity index (χ4n) is 3.21. The number of nitrogens with zero attached hydrogens (tertiary/aromatic N) is 2. The van der Waals surface area contributed by atoms with Crippen molar-refractivity contribution < 1.29 is 22.0 Å². The third-order valence-corrected chi connectivity index (χ3v) is 6.56. The SMILES string of the molecule is O=C(NCc1ccco1)C1CCN(S(=O)(=O)c2ccc(-c3ccn[nH]3)o2)CC1. The van der Waals surface area contributed by atoms with Gasteiger partial charge in [0.2, 0.25) is 11.0 Å². The lowest BCUT2D eigenvalue weighted by molar-refractivity contribution is -0.126. The molecule has 0 saturated carbocycles. The highest BCUT2D eigenvalue weighted by atomic mass is 32.2. The van der Waals surface area contributed by atoms with Gasteiger partial charge in [-0.2, -0.15) is 9.40 Å². The summed E-state index contributed by atoms with van der Waals surface area (Å²) in [5.74, 6) is 0.772. The van der Waals surface area contributed by atoms with Crippen LogP contribution in [0.25, 0.3) is 11.5 Å². The summed E-state index contributed by atoms with van der Waals surface area (Å²) in [5.41, 5.74) is 0.605. The van der Waals surface area contributed by atoms with E-state index in [1.54, 1.807) is 36.7 Å². The van der Waals surface area contributed by atoms with Crippen molar-refractivity contribution in [1.82, 2.24) is 19.8 Å². The molecular weight excluding hydrogens is 384 g/mol. The van der Waals surface area contributed by atoms with Crippen molar-refractivity contribution in [1.29, 1.82) is 0 Å². The van der Waals surface area contributed by atoms with Crippen molar-refractivity contribution in [3.63, 3.8) is 0 Å². The van der Waals surface area contributed by atoms with Gasteiger partial charge >= 0.3 is 0 Å². The molecule has 1 aliphatic heterocycles. The molecule has 0 radical (unpaired) electrons. The highest BCUT2D eigenvalue weighted by molar-refractivity contribution is 7.89. The van der Waals surface area contributed by atoms with Gasteiger partial charge in [0.25, 0.3) is 10.0 Å². The van der Waals surface area contributed by atoms with E-state index < -0.39 is 10.0 Å². The lowest BCUT2D eigenvalue weighted by Gasteiger charge is -2.29. The van der Waals surface area contributed by atoms with Gasteiger partial charge in [-0.15, -0.1) is 0 Å². The number of hydrogen-bond acceptors (Lipinski definition) is 6. The molecule has 10 heteroatoms. The third-order valence-electron chi connectivity index (χ3n) is 4.78. The number of aromatic nitrogens is 2. The van der Waals surface area contributed by atoms with Crippen LogP contribution in [0.1, 0.15) is 18.6 Å². The van der Waals surface area contributed by atoms with Gasteiger partial charge in [0, 0.05) is 25.2 Å². The Morgan fingerprint density at radius 3 is 2.75 bits per heavy atom. The molecule has 0 unspecified atom stereocenters. The van der Waals surface area contributed by atoms with E-state index >= 15 is 0 Å². The number of hydrogen-bond donors (Lipinski definition) is 2. The van der Waals surface area contributed by atoms with Crippen molar-refractivity contribution in [2.75, 3.05) is 13.1 Å². The second-order valence-corrected chi connectivity index (χ2v) is 8.43. The van der Waals surface area contributed by atoms with E-state index in [9.17, 15) is 13.2 Å². The lowest BCUT2D eigenvalue weighted by Crippen LogP contribution is -2.42.